The molecule has 1 N–H and O–H groups in total. The maximum Gasteiger partial charge on any atom is 0.413 e. The van der Waals surface area contributed by atoms with Crippen LogP contribution in [0.1, 0.15) is 21.6 Å². The van der Waals surface area contributed by atoms with Crippen molar-refractivity contribution in [2.75, 3.05) is 5.32 Å². The number of ketones is 1. The third kappa shape index (κ3) is 4.99. The molecule has 25 heavy (non-hydrogen) atoms. The standard InChI is InChI=1S/C19H16N2O3S/c22-17(15-9-5-2-6-10-15)11-16-13-25-18(20-16)21-19(23)24-12-14-7-3-1-4-8-14/h1-10,13H,11-12H2,(H,20,21,23). The van der Waals surface area contributed by atoms with E-state index in [2.05, 4.69) is 10.3 Å². The predicted octanol–water partition coefficient (Wildman–Crippen LogP) is 4.32. The second-order valence-electron chi connectivity index (χ2n) is 5.30. The maximum absolute atomic E-state index is 12.2. The van der Waals surface area contributed by atoms with E-state index < -0.39 is 6.09 Å². The Morgan fingerprint density at radius 3 is 2.40 bits per heavy atom. The Bertz CT molecular complexity index is 847. The first kappa shape index (κ1) is 16.9. The van der Waals surface area contributed by atoms with E-state index in [9.17, 15) is 9.59 Å². The van der Waals surface area contributed by atoms with Crippen LogP contribution in [0.15, 0.2) is 66.0 Å². The molecule has 0 saturated heterocycles. The highest BCUT2D eigenvalue weighted by molar-refractivity contribution is 7.13. The summed E-state index contributed by atoms with van der Waals surface area (Å²) in [5.41, 5.74) is 2.18. The van der Waals surface area contributed by atoms with Crippen molar-refractivity contribution >= 4 is 28.3 Å². The number of Topliss-reactive ketones (excluding diaryl/α,β-unsaturated/α-hetero) is 1. The Morgan fingerprint density at radius 1 is 1.00 bits per heavy atom. The second kappa shape index (κ2) is 8.21. The minimum Gasteiger partial charge on any atom is -0.444 e. The molecular weight excluding hydrogens is 336 g/mol. The van der Waals surface area contributed by atoms with Crippen LogP contribution in [-0.4, -0.2) is 16.9 Å². The molecule has 1 aromatic heterocycles. The van der Waals surface area contributed by atoms with Crippen molar-refractivity contribution in [3.8, 4) is 0 Å². The fourth-order valence-electron chi connectivity index (χ4n) is 2.18. The Morgan fingerprint density at radius 2 is 1.68 bits per heavy atom. The molecule has 0 spiro atoms. The van der Waals surface area contributed by atoms with Crippen LogP contribution in [-0.2, 0) is 17.8 Å². The van der Waals surface area contributed by atoms with E-state index in [1.54, 1.807) is 17.5 Å². The van der Waals surface area contributed by atoms with Crippen molar-refractivity contribution in [3.05, 3.63) is 82.9 Å². The molecule has 0 unspecified atom stereocenters. The number of anilines is 1. The van der Waals surface area contributed by atoms with Crippen molar-refractivity contribution in [3.63, 3.8) is 0 Å². The number of hydrogen-bond donors (Lipinski definition) is 1. The van der Waals surface area contributed by atoms with Crippen LogP contribution in [0.5, 0.6) is 0 Å². The summed E-state index contributed by atoms with van der Waals surface area (Å²) in [4.78, 5) is 28.2. The van der Waals surface area contributed by atoms with Gasteiger partial charge in [-0.05, 0) is 5.56 Å². The van der Waals surface area contributed by atoms with E-state index in [4.69, 9.17) is 4.74 Å². The Hall–Kier alpha value is -2.99. The van der Waals surface area contributed by atoms with Gasteiger partial charge in [0.1, 0.15) is 6.61 Å². The minimum atomic E-state index is -0.570. The normalized spacial score (nSPS) is 10.2. The van der Waals surface area contributed by atoms with Gasteiger partial charge < -0.3 is 4.74 Å². The monoisotopic (exact) mass is 352 g/mol. The third-order valence-electron chi connectivity index (χ3n) is 3.41. The lowest BCUT2D eigenvalue weighted by Crippen LogP contribution is -2.13. The zero-order chi connectivity index (χ0) is 17.5. The van der Waals surface area contributed by atoms with E-state index in [-0.39, 0.29) is 18.8 Å². The highest BCUT2D eigenvalue weighted by atomic mass is 32.1. The zero-order valence-electron chi connectivity index (χ0n) is 13.3. The van der Waals surface area contributed by atoms with Gasteiger partial charge in [0.2, 0.25) is 0 Å². The minimum absolute atomic E-state index is 0.0101. The van der Waals surface area contributed by atoms with Gasteiger partial charge >= 0.3 is 6.09 Å². The van der Waals surface area contributed by atoms with E-state index in [0.29, 0.717) is 16.4 Å². The van der Waals surface area contributed by atoms with E-state index in [1.165, 1.54) is 11.3 Å². The SMILES string of the molecule is O=C(Nc1nc(CC(=O)c2ccccc2)cs1)OCc1ccccc1. The molecule has 2 aromatic carbocycles. The average Bonchev–Trinajstić information content (AvgIpc) is 3.08. The van der Waals surface area contributed by atoms with E-state index in [0.717, 1.165) is 5.56 Å². The van der Waals surface area contributed by atoms with Crippen LogP contribution in [0.4, 0.5) is 9.93 Å². The summed E-state index contributed by atoms with van der Waals surface area (Å²) < 4.78 is 5.14. The van der Waals surface area contributed by atoms with Crippen LogP contribution >= 0.6 is 11.3 Å². The number of nitrogens with one attached hydrogen (secondary N) is 1. The van der Waals surface area contributed by atoms with Crippen molar-refractivity contribution in [1.29, 1.82) is 0 Å². The quantitative estimate of drug-likeness (QED) is 0.671. The van der Waals surface area contributed by atoms with Gasteiger partial charge in [-0.3, -0.25) is 10.1 Å². The summed E-state index contributed by atoms with van der Waals surface area (Å²) in [6.45, 7) is 0.192. The molecule has 0 aliphatic carbocycles. The van der Waals surface area contributed by atoms with Crippen LogP contribution in [0, 0.1) is 0 Å². The first-order valence-corrected chi connectivity index (χ1v) is 8.59. The van der Waals surface area contributed by atoms with E-state index in [1.807, 2.05) is 48.5 Å². The largest absolute Gasteiger partial charge is 0.444 e. The Kier molecular flexibility index (Phi) is 5.53. The third-order valence-corrected chi connectivity index (χ3v) is 4.22. The fraction of sp³-hybridized carbons (Fsp3) is 0.105. The summed E-state index contributed by atoms with van der Waals surface area (Å²) in [5, 5.41) is 4.75. The molecule has 0 aliphatic rings. The molecule has 126 valence electrons. The number of rotatable bonds is 6. The molecule has 0 radical (unpaired) electrons. The summed E-state index contributed by atoms with van der Waals surface area (Å²) in [6, 6.07) is 18.5. The molecule has 3 rings (SSSR count). The fourth-order valence-corrected chi connectivity index (χ4v) is 2.88. The number of nitrogens with zero attached hydrogens (tertiary/aromatic N) is 1. The van der Waals surface area contributed by atoms with Crippen LogP contribution < -0.4 is 5.32 Å². The molecule has 0 bridgehead atoms. The van der Waals surface area contributed by atoms with Gasteiger partial charge in [-0.1, -0.05) is 60.7 Å². The molecule has 3 aromatic rings. The van der Waals surface area contributed by atoms with Gasteiger partial charge in [0.25, 0.3) is 0 Å². The summed E-state index contributed by atoms with van der Waals surface area (Å²) in [6.07, 6.45) is -0.375. The number of aromatic nitrogens is 1. The van der Waals surface area contributed by atoms with Gasteiger partial charge in [0, 0.05) is 10.9 Å². The number of carbonyl (C=O) groups is 2. The lowest BCUT2D eigenvalue weighted by molar-refractivity contribution is 0.0992. The van der Waals surface area contributed by atoms with Crippen molar-refractivity contribution in [1.82, 2.24) is 4.98 Å². The highest BCUT2D eigenvalue weighted by Gasteiger charge is 2.12. The Balaban J connectivity index is 1.51. The number of ether oxygens (including phenoxy) is 1. The number of thiazole rings is 1. The molecule has 5 nitrogen and oxygen atoms in total. The maximum atomic E-state index is 12.2. The van der Waals surface area contributed by atoms with Gasteiger partial charge in [-0.2, -0.15) is 0 Å². The van der Waals surface area contributed by atoms with Crippen LogP contribution in [0.25, 0.3) is 0 Å². The molecule has 1 heterocycles. The number of amides is 1. The van der Waals surface area contributed by atoms with Gasteiger partial charge in [0.15, 0.2) is 10.9 Å². The lowest BCUT2D eigenvalue weighted by Gasteiger charge is -2.04. The topological polar surface area (TPSA) is 68.3 Å². The van der Waals surface area contributed by atoms with E-state index >= 15 is 0 Å². The average molecular weight is 352 g/mol. The Labute approximate surface area is 149 Å². The van der Waals surface area contributed by atoms with Gasteiger partial charge in [0.05, 0.1) is 12.1 Å². The lowest BCUT2D eigenvalue weighted by atomic mass is 10.1. The first-order valence-electron chi connectivity index (χ1n) is 7.71. The molecule has 0 saturated carbocycles. The van der Waals surface area contributed by atoms with Crippen LogP contribution in [0.2, 0.25) is 0 Å². The molecule has 1 amide bonds. The van der Waals surface area contributed by atoms with Crippen molar-refractivity contribution in [2.45, 2.75) is 13.0 Å². The highest BCUT2D eigenvalue weighted by Crippen LogP contribution is 2.17. The van der Waals surface area contributed by atoms with Gasteiger partial charge in [-0.15, -0.1) is 11.3 Å². The van der Waals surface area contributed by atoms with Crippen molar-refractivity contribution in [2.24, 2.45) is 0 Å². The first-order chi connectivity index (χ1) is 12.2. The molecular formula is C19H16N2O3S. The molecule has 0 fully saturated rings. The van der Waals surface area contributed by atoms with Gasteiger partial charge in [-0.25, -0.2) is 9.78 Å². The molecule has 6 heteroatoms. The molecule has 0 aliphatic heterocycles. The zero-order valence-corrected chi connectivity index (χ0v) is 14.2. The second-order valence-corrected chi connectivity index (χ2v) is 6.15. The summed E-state index contributed by atoms with van der Waals surface area (Å²) in [5.74, 6) is -0.0101. The number of benzene rings is 2. The predicted molar refractivity (Wildman–Crippen MR) is 96.8 cm³/mol. The number of hydrogen-bond acceptors (Lipinski definition) is 5. The summed E-state index contributed by atoms with van der Waals surface area (Å²) in [7, 11) is 0. The van der Waals surface area contributed by atoms with Crippen molar-refractivity contribution < 1.29 is 14.3 Å². The summed E-state index contributed by atoms with van der Waals surface area (Å²) >= 11 is 1.26. The number of carbonyl (C=O) groups excluding carboxylic acids is 2. The smallest absolute Gasteiger partial charge is 0.413 e. The van der Waals surface area contributed by atoms with Crippen LogP contribution in [0.3, 0.4) is 0 Å². The molecule has 0 atom stereocenters.